The van der Waals surface area contributed by atoms with E-state index in [2.05, 4.69) is 49.6 Å². The summed E-state index contributed by atoms with van der Waals surface area (Å²) < 4.78 is 5.31. The maximum absolute atomic E-state index is 5.31. The highest BCUT2D eigenvalue weighted by atomic mass is 127. The molecule has 0 spiro atoms. The number of H-pyrrole nitrogens is 1. The van der Waals surface area contributed by atoms with Crippen LogP contribution in [0.5, 0.6) is 0 Å². The van der Waals surface area contributed by atoms with Crippen LogP contribution in [-0.2, 0) is 6.54 Å². The van der Waals surface area contributed by atoms with Crippen molar-refractivity contribution in [3.8, 4) is 11.6 Å². The first-order valence-corrected chi connectivity index (χ1v) is 9.28. The fourth-order valence-electron chi connectivity index (χ4n) is 3.22. The van der Waals surface area contributed by atoms with Crippen LogP contribution in [-0.4, -0.2) is 58.8 Å². The summed E-state index contributed by atoms with van der Waals surface area (Å²) in [6.45, 7) is 8.54. The first-order valence-electron chi connectivity index (χ1n) is 9.28. The third-order valence-corrected chi connectivity index (χ3v) is 4.47. The van der Waals surface area contributed by atoms with Crippen LogP contribution < -0.4 is 10.6 Å². The number of nitrogens with zero attached hydrogens (tertiary/aromatic N) is 4. The summed E-state index contributed by atoms with van der Waals surface area (Å²) in [6, 6.07) is 4.12. The largest absolute Gasteiger partial charge is 0.461 e. The lowest BCUT2D eigenvalue weighted by atomic mass is 10.0. The van der Waals surface area contributed by atoms with Gasteiger partial charge in [0, 0.05) is 32.7 Å². The monoisotopic (exact) mass is 487 g/mol. The number of halogens is 1. The molecule has 0 aromatic carbocycles. The Balaban J connectivity index is 0.00000261. The molecule has 0 radical (unpaired) electrons. The van der Waals surface area contributed by atoms with Gasteiger partial charge in [-0.3, -0.25) is 10.1 Å². The van der Waals surface area contributed by atoms with Crippen LogP contribution in [0.3, 0.4) is 0 Å². The Morgan fingerprint density at radius 3 is 2.81 bits per heavy atom. The van der Waals surface area contributed by atoms with E-state index < -0.39 is 0 Å². The fraction of sp³-hybridized carbons (Fsp3) is 0.611. The second-order valence-corrected chi connectivity index (χ2v) is 7.12. The van der Waals surface area contributed by atoms with Gasteiger partial charge in [-0.05, 0) is 30.9 Å². The number of nitrogens with one attached hydrogen (secondary N) is 3. The first kappa shape index (κ1) is 21.7. The molecule has 0 aliphatic carbocycles. The minimum absolute atomic E-state index is 0. The maximum Gasteiger partial charge on any atom is 0.216 e. The number of aliphatic imine (C=N–C) groups is 1. The van der Waals surface area contributed by atoms with Crippen molar-refractivity contribution >= 4 is 29.9 Å². The molecular formula is C18H30IN7O. The summed E-state index contributed by atoms with van der Waals surface area (Å²) in [6.07, 6.45) is 3.89. The minimum Gasteiger partial charge on any atom is -0.461 e. The van der Waals surface area contributed by atoms with E-state index in [9.17, 15) is 0 Å². The van der Waals surface area contributed by atoms with E-state index in [1.165, 1.54) is 6.54 Å². The van der Waals surface area contributed by atoms with Crippen molar-refractivity contribution in [1.82, 2.24) is 30.7 Å². The molecule has 1 aliphatic rings. The second kappa shape index (κ2) is 10.6. The SMILES string of the molecule is CN=C(NCc1nc(-c2ccco2)n[nH]1)NC1CCN(CC(C)C)CC1.I. The molecular weight excluding hydrogens is 457 g/mol. The molecule has 0 saturated carbocycles. The summed E-state index contributed by atoms with van der Waals surface area (Å²) in [5, 5.41) is 13.9. The molecule has 9 heteroatoms. The Morgan fingerprint density at radius 1 is 1.41 bits per heavy atom. The molecule has 3 rings (SSSR count). The van der Waals surface area contributed by atoms with E-state index >= 15 is 0 Å². The maximum atomic E-state index is 5.31. The van der Waals surface area contributed by atoms with Crippen molar-refractivity contribution < 1.29 is 4.42 Å². The Morgan fingerprint density at radius 2 is 2.19 bits per heavy atom. The number of piperidine rings is 1. The van der Waals surface area contributed by atoms with Gasteiger partial charge in [0.1, 0.15) is 5.82 Å². The standard InChI is InChI=1S/C18H29N7O.HI/c1-13(2)12-25-8-6-14(7-9-25)21-18(19-3)20-11-16-22-17(24-23-16)15-5-4-10-26-15;/h4-5,10,13-14H,6-9,11-12H2,1-3H3,(H2,19,20,21)(H,22,23,24);1H. The lowest BCUT2D eigenvalue weighted by Gasteiger charge is -2.33. The third-order valence-electron chi connectivity index (χ3n) is 4.47. The van der Waals surface area contributed by atoms with E-state index in [1.54, 1.807) is 13.3 Å². The van der Waals surface area contributed by atoms with Gasteiger partial charge in [0.25, 0.3) is 0 Å². The molecule has 0 bridgehead atoms. The van der Waals surface area contributed by atoms with Crippen LogP contribution in [0.4, 0.5) is 0 Å². The number of furan rings is 1. The summed E-state index contributed by atoms with van der Waals surface area (Å²) in [7, 11) is 1.79. The number of rotatable bonds is 6. The molecule has 2 aromatic heterocycles. The van der Waals surface area contributed by atoms with Gasteiger partial charge in [0.2, 0.25) is 5.82 Å². The highest BCUT2D eigenvalue weighted by molar-refractivity contribution is 14.0. The van der Waals surface area contributed by atoms with Crippen LogP contribution in [0.25, 0.3) is 11.6 Å². The molecule has 150 valence electrons. The smallest absolute Gasteiger partial charge is 0.216 e. The molecule has 2 aromatic rings. The molecule has 0 atom stereocenters. The second-order valence-electron chi connectivity index (χ2n) is 7.12. The van der Waals surface area contributed by atoms with Crippen molar-refractivity contribution in [1.29, 1.82) is 0 Å². The van der Waals surface area contributed by atoms with Gasteiger partial charge in [-0.15, -0.1) is 29.1 Å². The Bertz CT molecular complexity index is 690. The number of hydrogen-bond donors (Lipinski definition) is 3. The Labute approximate surface area is 177 Å². The van der Waals surface area contributed by atoms with Crippen LogP contribution in [0.2, 0.25) is 0 Å². The van der Waals surface area contributed by atoms with Gasteiger partial charge < -0.3 is 20.0 Å². The van der Waals surface area contributed by atoms with Gasteiger partial charge in [0.15, 0.2) is 11.7 Å². The van der Waals surface area contributed by atoms with Crippen LogP contribution >= 0.6 is 24.0 Å². The van der Waals surface area contributed by atoms with E-state index in [4.69, 9.17) is 4.42 Å². The van der Waals surface area contributed by atoms with E-state index in [1.807, 2.05) is 12.1 Å². The topological polar surface area (TPSA) is 94.4 Å². The number of guanidine groups is 1. The predicted octanol–water partition coefficient (Wildman–Crippen LogP) is 2.47. The molecule has 3 heterocycles. The number of hydrogen-bond acceptors (Lipinski definition) is 5. The summed E-state index contributed by atoms with van der Waals surface area (Å²) in [5.41, 5.74) is 0. The van der Waals surface area contributed by atoms with Gasteiger partial charge in [0.05, 0.1) is 12.8 Å². The molecule has 1 saturated heterocycles. The predicted molar refractivity (Wildman–Crippen MR) is 117 cm³/mol. The van der Waals surface area contributed by atoms with E-state index in [0.717, 1.165) is 43.6 Å². The zero-order chi connectivity index (χ0) is 18.4. The number of aromatic nitrogens is 3. The number of aromatic amines is 1. The molecule has 1 fully saturated rings. The Hall–Kier alpha value is -1.62. The molecule has 0 amide bonds. The first-order chi connectivity index (χ1) is 12.6. The molecule has 8 nitrogen and oxygen atoms in total. The molecule has 3 N–H and O–H groups in total. The summed E-state index contributed by atoms with van der Waals surface area (Å²) >= 11 is 0. The lowest BCUT2D eigenvalue weighted by molar-refractivity contribution is 0.187. The molecule has 0 unspecified atom stereocenters. The van der Waals surface area contributed by atoms with Crippen molar-refractivity contribution in [3.05, 3.63) is 24.2 Å². The number of likely N-dealkylation sites (tertiary alicyclic amines) is 1. The van der Waals surface area contributed by atoms with Gasteiger partial charge >= 0.3 is 0 Å². The van der Waals surface area contributed by atoms with Crippen molar-refractivity contribution in [2.75, 3.05) is 26.7 Å². The zero-order valence-corrected chi connectivity index (χ0v) is 18.6. The normalized spacial score (nSPS) is 16.4. The quantitative estimate of drug-likeness (QED) is 0.329. The van der Waals surface area contributed by atoms with Crippen LogP contribution in [0.15, 0.2) is 27.8 Å². The third kappa shape index (κ3) is 6.49. The van der Waals surface area contributed by atoms with Gasteiger partial charge in [-0.1, -0.05) is 13.8 Å². The van der Waals surface area contributed by atoms with Crippen molar-refractivity contribution in [2.24, 2.45) is 10.9 Å². The van der Waals surface area contributed by atoms with Gasteiger partial charge in [-0.2, -0.15) is 0 Å². The van der Waals surface area contributed by atoms with Crippen molar-refractivity contribution in [2.45, 2.75) is 39.3 Å². The van der Waals surface area contributed by atoms with E-state index in [0.29, 0.717) is 24.2 Å². The highest BCUT2D eigenvalue weighted by Gasteiger charge is 2.20. The van der Waals surface area contributed by atoms with Gasteiger partial charge in [-0.25, -0.2) is 4.98 Å². The fourth-order valence-corrected chi connectivity index (χ4v) is 3.22. The minimum atomic E-state index is 0. The van der Waals surface area contributed by atoms with Crippen LogP contribution in [0, 0.1) is 5.92 Å². The van der Waals surface area contributed by atoms with Crippen molar-refractivity contribution in [3.63, 3.8) is 0 Å². The summed E-state index contributed by atoms with van der Waals surface area (Å²) in [5.74, 6) is 3.48. The summed E-state index contributed by atoms with van der Waals surface area (Å²) in [4.78, 5) is 11.3. The average molecular weight is 487 g/mol. The van der Waals surface area contributed by atoms with E-state index in [-0.39, 0.29) is 24.0 Å². The molecule has 27 heavy (non-hydrogen) atoms. The lowest BCUT2D eigenvalue weighted by Crippen LogP contribution is -2.49. The average Bonchev–Trinajstić information content (AvgIpc) is 3.31. The molecule has 1 aliphatic heterocycles. The Kier molecular flexibility index (Phi) is 8.55. The highest BCUT2D eigenvalue weighted by Crippen LogP contribution is 2.14. The van der Waals surface area contributed by atoms with Crippen LogP contribution in [0.1, 0.15) is 32.5 Å². The zero-order valence-electron chi connectivity index (χ0n) is 16.2.